The summed E-state index contributed by atoms with van der Waals surface area (Å²) in [5.41, 5.74) is 7.52. The number of benzene rings is 1. The first-order valence-corrected chi connectivity index (χ1v) is 12.2. The monoisotopic (exact) mass is 477 g/mol. The maximum absolute atomic E-state index is 8.58. The number of hydrogen-bond donors (Lipinski definition) is 2. The number of nitrogens with two attached hydrogens (primary N) is 1. The van der Waals surface area contributed by atoms with Gasteiger partial charge in [-0.05, 0) is 25.5 Å². The second-order valence-electron chi connectivity index (χ2n) is 6.83. The van der Waals surface area contributed by atoms with Crippen LogP contribution in [-0.2, 0) is 11.8 Å². The van der Waals surface area contributed by atoms with Crippen LogP contribution in [0.4, 0.5) is 5.69 Å². The first kappa shape index (κ1) is 30.6. The van der Waals surface area contributed by atoms with E-state index >= 15 is 0 Å². The Balaban J connectivity index is 0.00000132. The summed E-state index contributed by atoms with van der Waals surface area (Å²) in [6.45, 7) is 19.9. The Kier molecular flexibility index (Phi) is 16.7. The van der Waals surface area contributed by atoms with Crippen LogP contribution >= 0.6 is 12.6 Å². The smallest absolute Gasteiger partial charge is 0.211 e. The summed E-state index contributed by atoms with van der Waals surface area (Å²) in [6.07, 6.45) is 3.18. The Bertz CT molecular complexity index is 802. The lowest BCUT2D eigenvalue weighted by atomic mass is 10.1. The summed E-state index contributed by atoms with van der Waals surface area (Å²) in [4.78, 5) is 14.5. The van der Waals surface area contributed by atoms with E-state index < -0.39 is 0 Å². The summed E-state index contributed by atoms with van der Waals surface area (Å²) >= 11 is 4.55. The van der Waals surface area contributed by atoms with Gasteiger partial charge in [-0.3, -0.25) is 9.69 Å². The van der Waals surface area contributed by atoms with Crippen molar-refractivity contribution in [2.75, 3.05) is 44.2 Å². The topological polar surface area (TPSA) is 76.6 Å². The average molecular weight is 478 g/mol. The van der Waals surface area contributed by atoms with E-state index in [1.165, 1.54) is 5.69 Å². The molecule has 2 heterocycles. The van der Waals surface area contributed by atoms with Crippen LogP contribution in [-0.4, -0.2) is 60.4 Å². The zero-order valence-electron chi connectivity index (χ0n) is 21.3. The minimum Gasteiger partial charge on any atom is -0.478 e. The van der Waals surface area contributed by atoms with Gasteiger partial charge in [-0.25, -0.2) is 4.68 Å². The molecule has 0 saturated carbocycles. The fraction of sp³-hybridized carbons (Fsp3) is 0.520. The van der Waals surface area contributed by atoms with Gasteiger partial charge in [0.15, 0.2) is 0 Å². The Morgan fingerprint density at radius 1 is 1.18 bits per heavy atom. The maximum atomic E-state index is 8.58. The number of primary amides is 1. The Labute approximate surface area is 206 Å². The van der Waals surface area contributed by atoms with E-state index in [2.05, 4.69) is 52.0 Å². The van der Waals surface area contributed by atoms with Gasteiger partial charge in [0.2, 0.25) is 12.3 Å². The highest BCUT2D eigenvalue weighted by molar-refractivity contribution is 7.80. The molecule has 8 heteroatoms. The summed E-state index contributed by atoms with van der Waals surface area (Å²) in [7, 11) is 1.92. The number of hydrogen-bond acceptors (Lipinski definition) is 6. The molecule has 33 heavy (non-hydrogen) atoms. The number of aryl methyl sites for hydroxylation is 2. The van der Waals surface area contributed by atoms with Gasteiger partial charge in [0.1, 0.15) is 0 Å². The Hall–Kier alpha value is -2.45. The van der Waals surface area contributed by atoms with Crippen LogP contribution < -0.4 is 15.4 Å². The zero-order valence-corrected chi connectivity index (χ0v) is 22.1. The standard InChI is InChI=1S/C20H28N4OS.2C2H6.CH3NO/c1-4-17-18(7-5-8-19(17)26)24-12-10-23(11-13-24)9-6-14-25-20-15-16(2)21-22(20)3;2*1-2;2-1-3/h4-5,7-8,15,26H,1,6,9-14H2,2-3H3;2*1-2H3;1H,(H2,2,3). The third-order valence-electron chi connectivity index (χ3n) is 4.80. The third kappa shape index (κ3) is 10.4. The average Bonchev–Trinajstić information content (AvgIpc) is 3.17. The molecule has 0 unspecified atom stereocenters. The molecule has 0 radical (unpaired) electrons. The first-order valence-electron chi connectivity index (χ1n) is 11.7. The van der Waals surface area contributed by atoms with Crippen molar-refractivity contribution < 1.29 is 9.53 Å². The molecule has 1 amide bonds. The number of aromatic nitrogens is 2. The summed E-state index contributed by atoms with van der Waals surface area (Å²) < 4.78 is 7.62. The molecule has 0 atom stereocenters. The normalized spacial score (nSPS) is 12.8. The minimum absolute atomic E-state index is 0.250. The predicted octanol–water partition coefficient (Wildman–Crippen LogP) is 4.41. The van der Waals surface area contributed by atoms with Gasteiger partial charge >= 0.3 is 0 Å². The highest BCUT2D eigenvalue weighted by Gasteiger charge is 2.19. The number of anilines is 1. The molecule has 1 saturated heterocycles. The number of ether oxygens (including phenoxy) is 1. The second-order valence-corrected chi connectivity index (χ2v) is 7.31. The number of carbonyl (C=O) groups is 1. The number of thiol groups is 1. The molecule has 1 fully saturated rings. The van der Waals surface area contributed by atoms with Crippen LogP contribution in [0, 0.1) is 6.92 Å². The van der Waals surface area contributed by atoms with Crippen LogP contribution in [0.1, 0.15) is 45.4 Å². The summed E-state index contributed by atoms with van der Waals surface area (Å²) in [5, 5.41) is 4.30. The summed E-state index contributed by atoms with van der Waals surface area (Å²) in [6, 6.07) is 8.22. The SMILES string of the molecule is C=Cc1c(S)cccc1N1CCN(CCCOc2cc(C)nn2C)CC1.CC.CC.NC=O. The molecule has 1 aromatic heterocycles. The van der Waals surface area contributed by atoms with Gasteiger partial charge in [0.25, 0.3) is 0 Å². The molecule has 186 valence electrons. The largest absolute Gasteiger partial charge is 0.478 e. The van der Waals surface area contributed by atoms with E-state index in [-0.39, 0.29) is 6.41 Å². The van der Waals surface area contributed by atoms with Crippen molar-refractivity contribution in [1.82, 2.24) is 14.7 Å². The van der Waals surface area contributed by atoms with Gasteiger partial charge in [0, 0.05) is 62.0 Å². The van der Waals surface area contributed by atoms with Gasteiger partial charge in [-0.1, -0.05) is 46.4 Å². The Morgan fingerprint density at radius 2 is 1.79 bits per heavy atom. The van der Waals surface area contributed by atoms with Crippen LogP contribution in [0.25, 0.3) is 6.08 Å². The fourth-order valence-electron chi connectivity index (χ4n) is 3.43. The van der Waals surface area contributed by atoms with Crippen LogP contribution in [0.15, 0.2) is 35.7 Å². The molecular weight excluding hydrogens is 434 g/mol. The molecule has 0 aliphatic carbocycles. The zero-order chi connectivity index (χ0) is 25.2. The minimum atomic E-state index is 0.250. The van der Waals surface area contributed by atoms with Gasteiger partial charge in [0.05, 0.1) is 12.3 Å². The quantitative estimate of drug-likeness (QED) is 0.351. The Morgan fingerprint density at radius 3 is 2.30 bits per heavy atom. The number of rotatable bonds is 7. The predicted molar refractivity (Wildman–Crippen MR) is 143 cm³/mol. The van der Waals surface area contributed by atoms with E-state index in [1.807, 2.05) is 59.9 Å². The first-order chi connectivity index (χ1) is 16.0. The number of nitrogens with zero attached hydrogens (tertiary/aromatic N) is 4. The van der Waals surface area contributed by atoms with Gasteiger partial charge in [-0.15, -0.1) is 12.6 Å². The maximum Gasteiger partial charge on any atom is 0.211 e. The van der Waals surface area contributed by atoms with Crippen molar-refractivity contribution in [2.45, 2.75) is 45.9 Å². The number of carbonyl (C=O) groups excluding carboxylic acids is 1. The lowest BCUT2D eigenvalue weighted by Gasteiger charge is -2.37. The lowest BCUT2D eigenvalue weighted by molar-refractivity contribution is -0.106. The van der Waals surface area contributed by atoms with Crippen LogP contribution in [0.5, 0.6) is 5.88 Å². The molecule has 1 aromatic carbocycles. The molecule has 0 bridgehead atoms. The van der Waals surface area contributed by atoms with Crippen molar-refractivity contribution in [2.24, 2.45) is 12.8 Å². The van der Waals surface area contributed by atoms with Crippen LogP contribution in [0.2, 0.25) is 0 Å². The number of piperazine rings is 1. The van der Waals surface area contributed by atoms with Crippen molar-refractivity contribution in [3.8, 4) is 5.88 Å². The molecule has 3 rings (SSSR count). The second kappa shape index (κ2) is 18.0. The van der Waals surface area contributed by atoms with E-state index in [0.717, 1.165) is 67.8 Å². The van der Waals surface area contributed by atoms with Crippen molar-refractivity contribution in [3.63, 3.8) is 0 Å². The number of amides is 1. The molecule has 0 spiro atoms. The molecular formula is C25H43N5O2S. The van der Waals surface area contributed by atoms with Crippen LogP contribution in [0.3, 0.4) is 0 Å². The van der Waals surface area contributed by atoms with E-state index in [1.54, 1.807) is 4.68 Å². The molecule has 2 aromatic rings. The molecule has 1 aliphatic rings. The fourth-order valence-corrected chi connectivity index (χ4v) is 3.72. The van der Waals surface area contributed by atoms with Crippen molar-refractivity contribution >= 4 is 30.8 Å². The van der Waals surface area contributed by atoms with E-state index in [0.29, 0.717) is 0 Å². The summed E-state index contributed by atoms with van der Waals surface area (Å²) in [5.74, 6) is 0.843. The molecule has 2 N–H and O–H groups in total. The van der Waals surface area contributed by atoms with E-state index in [9.17, 15) is 0 Å². The highest BCUT2D eigenvalue weighted by atomic mass is 32.1. The van der Waals surface area contributed by atoms with E-state index in [4.69, 9.17) is 9.53 Å². The lowest BCUT2D eigenvalue weighted by Crippen LogP contribution is -2.47. The van der Waals surface area contributed by atoms with Gasteiger partial charge < -0.3 is 15.4 Å². The molecule has 7 nitrogen and oxygen atoms in total. The highest BCUT2D eigenvalue weighted by Crippen LogP contribution is 2.28. The van der Waals surface area contributed by atoms with Crippen molar-refractivity contribution in [1.29, 1.82) is 0 Å². The molecule has 1 aliphatic heterocycles. The third-order valence-corrected chi connectivity index (χ3v) is 5.19. The van der Waals surface area contributed by atoms with Crippen molar-refractivity contribution in [3.05, 3.63) is 42.1 Å². The van der Waals surface area contributed by atoms with Gasteiger partial charge in [-0.2, -0.15) is 5.10 Å².